The Kier molecular flexibility index (Phi) is 6.77. The molecule has 0 radical (unpaired) electrons. The second-order valence-corrected chi connectivity index (χ2v) is 8.16. The number of urea groups is 1. The summed E-state index contributed by atoms with van der Waals surface area (Å²) in [7, 11) is 3.42. The Bertz CT molecular complexity index is 962. The van der Waals surface area contributed by atoms with Gasteiger partial charge in [-0.15, -0.1) is 0 Å². The lowest BCUT2D eigenvalue weighted by atomic mass is 9.86. The van der Waals surface area contributed by atoms with Crippen molar-refractivity contribution in [3.8, 4) is 5.75 Å². The second-order valence-electron chi connectivity index (χ2n) is 8.16. The summed E-state index contributed by atoms with van der Waals surface area (Å²) in [4.78, 5) is 15.9. The van der Waals surface area contributed by atoms with E-state index in [4.69, 9.17) is 14.2 Å². The van der Waals surface area contributed by atoms with Gasteiger partial charge in [-0.1, -0.05) is 24.3 Å². The van der Waals surface area contributed by atoms with Gasteiger partial charge < -0.3 is 19.1 Å². The summed E-state index contributed by atoms with van der Waals surface area (Å²) in [5.74, 6) is 0.105. The highest BCUT2D eigenvalue weighted by Crippen LogP contribution is 2.37. The number of carbonyl (C=O) groups excluding carboxylic acids is 1. The van der Waals surface area contributed by atoms with E-state index in [1.807, 2.05) is 42.5 Å². The van der Waals surface area contributed by atoms with Crippen LogP contribution in [0.15, 0.2) is 54.6 Å². The Morgan fingerprint density at radius 2 is 1.81 bits per heavy atom. The number of anilines is 1. The minimum absolute atomic E-state index is 0.0357. The standard InChI is InChI=1S/C25H29FN2O4/c1-27(24(29)28-11-3-4-12-28)22-7-5-19(6-8-22)18-32-23-16-20(15-21(26)17-23)25(30-2)9-13-31-14-10-25/h3-8,15-17H,9-14,18H2,1-2H3. The second kappa shape index (κ2) is 9.71. The highest BCUT2D eigenvalue weighted by atomic mass is 19.1. The molecule has 4 rings (SSSR count). The normalized spacial score (nSPS) is 17.4. The zero-order valence-corrected chi connectivity index (χ0v) is 18.6. The number of amides is 2. The van der Waals surface area contributed by atoms with E-state index in [2.05, 4.69) is 0 Å². The summed E-state index contributed by atoms with van der Waals surface area (Å²) >= 11 is 0. The first kappa shape index (κ1) is 22.3. The molecule has 0 unspecified atom stereocenters. The van der Waals surface area contributed by atoms with Gasteiger partial charge in [-0.25, -0.2) is 9.18 Å². The fraction of sp³-hybridized carbons (Fsp3) is 0.400. The maximum atomic E-state index is 14.3. The first-order chi connectivity index (χ1) is 15.5. The molecule has 2 aliphatic rings. The highest BCUT2D eigenvalue weighted by molar-refractivity contribution is 5.91. The average molecular weight is 441 g/mol. The predicted molar refractivity (Wildman–Crippen MR) is 120 cm³/mol. The third kappa shape index (κ3) is 4.79. The van der Waals surface area contributed by atoms with E-state index in [-0.39, 0.29) is 11.8 Å². The monoisotopic (exact) mass is 440 g/mol. The number of methoxy groups -OCH3 is 1. The lowest BCUT2D eigenvalue weighted by Gasteiger charge is -2.36. The number of halogens is 1. The van der Waals surface area contributed by atoms with E-state index in [9.17, 15) is 9.18 Å². The van der Waals surface area contributed by atoms with Crippen LogP contribution in [0.3, 0.4) is 0 Å². The summed E-state index contributed by atoms with van der Waals surface area (Å²) in [6, 6.07) is 12.3. The van der Waals surface area contributed by atoms with E-state index >= 15 is 0 Å². The average Bonchev–Trinajstić information content (AvgIpc) is 3.37. The van der Waals surface area contributed by atoms with Gasteiger partial charge in [-0.05, 0) is 35.4 Å². The Hall–Kier alpha value is -2.90. The van der Waals surface area contributed by atoms with E-state index in [1.54, 1.807) is 24.0 Å². The van der Waals surface area contributed by atoms with Gasteiger partial charge in [0.25, 0.3) is 0 Å². The van der Waals surface area contributed by atoms with Crippen molar-refractivity contribution in [1.82, 2.24) is 4.90 Å². The first-order valence-electron chi connectivity index (χ1n) is 10.8. The van der Waals surface area contributed by atoms with Gasteiger partial charge in [-0.3, -0.25) is 4.90 Å². The molecule has 6 nitrogen and oxygen atoms in total. The molecule has 0 aliphatic carbocycles. The van der Waals surface area contributed by atoms with Crippen LogP contribution in [0.4, 0.5) is 14.9 Å². The SMILES string of the molecule is COC1(c2cc(F)cc(OCc3ccc(N(C)C(=O)N4CC=CC4)cc3)c2)CCOCC1. The molecule has 1 fully saturated rings. The van der Waals surface area contributed by atoms with Crippen molar-refractivity contribution in [1.29, 1.82) is 0 Å². The van der Waals surface area contributed by atoms with Gasteiger partial charge in [0, 0.05) is 65.1 Å². The van der Waals surface area contributed by atoms with Crippen LogP contribution in [0, 0.1) is 5.82 Å². The third-order valence-electron chi connectivity index (χ3n) is 6.19. The van der Waals surface area contributed by atoms with Gasteiger partial charge in [0.1, 0.15) is 18.2 Å². The van der Waals surface area contributed by atoms with Crippen molar-refractivity contribution in [2.24, 2.45) is 0 Å². The smallest absolute Gasteiger partial charge is 0.324 e. The van der Waals surface area contributed by atoms with Crippen LogP contribution in [0.2, 0.25) is 0 Å². The maximum absolute atomic E-state index is 14.3. The molecule has 2 aliphatic heterocycles. The Labute approximate surface area is 188 Å². The molecule has 7 heteroatoms. The molecule has 32 heavy (non-hydrogen) atoms. The van der Waals surface area contributed by atoms with Gasteiger partial charge in [0.05, 0.1) is 5.60 Å². The van der Waals surface area contributed by atoms with Crippen LogP contribution in [0.1, 0.15) is 24.0 Å². The van der Waals surface area contributed by atoms with Crippen LogP contribution < -0.4 is 9.64 Å². The fourth-order valence-electron chi connectivity index (χ4n) is 4.16. The molecule has 2 heterocycles. The van der Waals surface area contributed by atoms with Crippen LogP contribution >= 0.6 is 0 Å². The molecule has 0 N–H and O–H groups in total. The molecule has 0 atom stereocenters. The number of benzene rings is 2. The number of nitrogens with zero attached hydrogens (tertiary/aromatic N) is 2. The van der Waals surface area contributed by atoms with E-state index in [1.165, 1.54) is 12.1 Å². The summed E-state index contributed by atoms with van der Waals surface area (Å²) in [6.07, 6.45) is 5.32. The summed E-state index contributed by atoms with van der Waals surface area (Å²) in [6.45, 7) is 2.74. The lowest BCUT2D eigenvalue weighted by molar-refractivity contribution is -0.0950. The van der Waals surface area contributed by atoms with Gasteiger partial charge in [0.2, 0.25) is 0 Å². The Morgan fingerprint density at radius 3 is 2.47 bits per heavy atom. The molecule has 2 aromatic rings. The molecule has 0 saturated carbocycles. The van der Waals surface area contributed by atoms with Gasteiger partial charge >= 0.3 is 6.03 Å². The lowest BCUT2D eigenvalue weighted by Crippen LogP contribution is -2.39. The molecule has 2 amide bonds. The molecule has 2 aromatic carbocycles. The topological polar surface area (TPSA) is 51.2 Å². The number of ether oxygens (including phenoxy) is 3. The summed E-state index contributed by atoms with van der Waals surface area (Å²) < 4.78 is 31.5. The Morgan fingerprint density at radius 1 is 1.12 bits per heavy atom. The number of hydrogen-bond donors (Lipinski definition) is 0. The van der Waals surface area contributed by atoms with Gasteiger partial charge in [0.15, 0.2) is 0 Å². The van der Waals surface area contributed by atoms with E-state index in [0.717, 1.165) is 16.8 Å². The van der Waals surface area contributed by atoms with Crippen LogP contribution in [0.5, 0.6) is 5.75 Å². The van der Waals surface area contributed by atoms with E-state index in [0.29, 0.717) is 51.5 Å². The number of rotatable bonds is 6. The van der Waals surface area contributed by atoms with Crippen molar-refractivity contribution in [2.45, 2.75) is 25.0 Å². The predicted octanol–water partition coefficient (Wildman–Crippen LogP) is 4.48. The van der Waals surface area contributed by atoms with Crippen LogP contribution in [-0.4, -0.2) is 51.4 Å². The molecule has 170 valence electrons. The zero-order chi connectivity index (χ0) is 22.6. The summed E-state index contributed by atoms with van der Waals surface area (Å²) in [5.41, 5.74) is 1.95. The largest absolute Gasteiger partial charge is 0.489 e. The maximum Gasteiger partial charge on any atom is 0.324 e. The Balaban J connectivity index is 1.41. The first-order valence-corrected chi connectivity index (χ1v) is 10.8. The van der Waals surface area contributed by atoms with Crippen molar-refractivity contribution >= 4 is 11.7 Å². The van der Waals surface area contributed by atoms with Crippen molar-refractivity contribution < 1.29 is 23.4 Å². The molecule has 0 spiro atoms. The van der Waals surface area contributed by atoms with Crippen LogP contribution in [-0.2, 0) is 21.7 Å². The minimum atomic E-state index is -0.553. The minimum Gasteiger partial charge on any atom is -0.489 e. The van der Waals surface area contributed by atoms with Crippen LogP contribution in [0.25, 0.3) is 0 Å². The molecule has 1 saturated heterocycles. The van der Waals surface area contributed by atoms with Crippen molar-refractivity contribution in [3.63, 3.8) is 0 Å². The molecular weight excluding hydrogens is 411 g/mol. The number of hydrogen-bond acceptors (Lipinski definition) is 4. The molecule has 0 bridgehead atoms. The van der Waals surface area contributed by atoms with E-state index < -0.39 is 5.60 Å². The van der Waals surface area contributed by atoms with Crippen molar-refractivity contribution in [3.05, 3.63) is 71.6 Å². The zero-order valence-electron chi connectivity index (χ0n) is 18.6. The van der Waals surface area contributed by atoms with Gasteiger partial charge in [-0.2, -0.15) is 0 Å². The highest BCUT2D eigenvalue weighted by Gasteiger charge is 2.35. The summed E-state index contributed by atoms with van der Waals surface area (Å²) in [5, 5.41) is 0. The number of carbonyl (C=O) groups is 1. The molecule has 0 aromatic heterocycles. The quantitative estimate of drug-likeness (QED) is 0.622. The van der Waals surface area contributed by atoms with Crippen molar-refractivity contribution in [2.75, 3.05) is 45.4 Å². The third-order valence-corrected chi connectivity index (χ3v) is 6.19. The fourth-order valence-corrected chi connectivity index (χ4v) is 4.16. The molecular formula is C25H29FN2O4.